The van der Waals surface area contributed by atoms with E-state index in [-0.39, 0.29) is 24.2 Å². The van der Waals surface area contributed by atoms with E-state index in [1.54, 1.807) is 12.3 Å². The molecule has 5 aromatic rings. The number of nitrogens with zero attached hydrogens (tertiary/aromatic N) is 1. The van der Waals surface area contributed by atoms with Crippen LogP contribution in [0.1, 0.15) is 52.4 Å². The maximum atomic E-state index is 12.6. The molecule has 0 saturated carbocycles. The summed E-state index contributed by atoms with van der Waals surface area (Å²) in [6, 6.07) is 21.3. The molecule has 196 valence electrons. The number of fused-ring (bicyclic) bond motifs is 1. The van der Waals surface area contributed by atoms with Gasteiger partial charge in [-0.25, -0.2) is 0 Å². The summed E-state index contributed by atoms with van der Waals surface area (Å²) in [5.74, 6) is 5.80. The number of ether oxygens (including phenoxy) is 1. The molecule has 5 N–H and O–H groups in total. The van der Waals surface area contributed by atoms with E-state index in [1.165, 1.54) is 0 Å². The highest BCUT2D eigenvalue weighted by atomic mass is 16.5. The number of carbonyl (C=O) groups is 1. The summed E-state index contributed by atoms with van der Waals surface area (Å²) in [7, 11) is 0. The number of H-pyrrole nitrogens is 2. The van der Waals surface area contributed by atoms with Crippen molar-refractivity contribution in [2.45, 2.75) is 32.3 Å². The number of benzene rings is 3. The average molecular weight is 519 g/mol. The SMILES string of the molecule is CC(C)Oc1c(C(N)=O)cc(C#Cc2ccc(-c3ccn[nH]3)cc2)cc1[C@H](CO)Cc1c[nH]c2ccccc12. The zero-order valence-electron chi connectivity index (χ0n) is 21.9. The highest BCUT2D eigenvalue weighted by Gasteiger charge is 2.24. The molecule has 0 aliphatic carbocycles. The Balaban J connectivity index is 1.54. The lowest BCUT2D eigenvalue weighted by Crippen LogP contribution is -2.19. The van der Waals surface area contributed by atoms with Gasteiger partial charge in [0.1, 0.15) is 5.75 Å². The summed E-state index contributed by atoms with van der Waals surface area (Å²) in [6.07, 6.45) is 4.02. The molecule has 39 heavy (non-hydrogen) atoms. The van der Waals surface area contributed by atoms with Crippen molar-refractivity contribution >= 4 is 16.8 Å². The molecule has 0 aliphatic heterocycles. The van der Waals surface area contributed by atoms with Gasteiger partial charge in [0.15, 0.2) is 0 Å². The minimum absolute atomic E-state index is 0.141. The predicted molar refractivity (Wildman–Crippen MR) is 153 cm³/mol. The second kappa shape index (κ2) is 11.3. The van der Waals surface area contributed by atoms with E-state index in [4.69, 9.17) is 10.5 Å². The Labute approximate surface area is 227 Å². The molecule has 5 rings (SSSR count). The first-order valence-corrected chi connectivity index (χ1v) is 12.8. The van der Waals surface area contributed by atoms with E-state index < -0.39 is 5.91 Å². The summed E-state index contributed by atoms with van der Waals surface area (Å²) in [5.41, 5.74) is 12.2. The maximum absolute atomic E-state index is 12.6. The van der Waals surface area contributed by atoms with Gasteiger partial charge in [0.25, 0.3) is 5.91 Å². The standard InChI is InChI=1S/C32H30N4O3/c1-20(2)39-31-27(25(19-37)17-24-18-34-30-6-4-3-5-26(24)30)15-22(16-28(31)32(33)38)8-7-21-9-11-23(12-10-21)29-13-14-35-36-29/h3-6,9-16,18,20,25,34,37H,17,19H2,1-2H3,(H2,33,38)(H,35,36)/t25-/m0/s1. The lowest BCUT2D eigenvalue weighted by atomic mass is 9.88. The molecule has 1 amide bonds. The number of rotatable bonds is 8. The van der Waals surface area contributed by atoms with Crippen LogP contribution >= 0.6 is 0 Å². The zero-order valence-corrected chi connectivity index (χ0v) is 21.9. The Hall–Kier alpha value is -4.80. The molecule has 7 nitrogen and oxygen atoms in total. The van der Waals surface area contributed by atoms with Gasteiger partial charge in [-0.15, -0.1) is 0 Å². The molecule has 2 aromatic heterocycles. The lowest BCUT2D eigenvalue weighted by molar-refractivity contribution is 0.0994. The van der Waals surface area contributed by atoms with Crippen molar-refractivity contribution in [1.82, 2.24) is 15.2 Å². The summed E-state index contributed by atoms with van der Waals surface area (Å²) in [6.45, 7) is 3.64. The molecule has 0 aliphatic rings. The van der Waals surface area contributed by atoms with Crippen LogP contribution in [0.3, 0.4) is 0 Å². The molecule has 0 bridgehead atoms. The van der Waals surface area contributed by atoms with Crippen LogP contribution in [0.4, 0.5) is 0 Å². The molecule has 0 radical (unpaired) electrons. The Bertz CT molecular complexity index is 1660. The van der Waals surface area contributed by atoms with Crippen molar-refractivity contribution in [3.8, 4) is 28.8 Å². The number of aromatic nitrogens is 3. The van der Waals surface area contributed by atoms with Crippen molar-refractivity contribution in [3.05, 3.63) is 107 Å². The van der Waals surface area contributed by atoms with Gasteiger partial charge in [-0.2, -0.15) is 5.10 Å². The number of nitrogens with one attached hydrogen (secondary N) is 2. The number of hydrogen-bond donors (Lipinski definition) is 4. The minimum atomic E-state index is -0.608. The molecule has 0 unspecified atom stereocenters. The first-order chi connectivity index (χ1) is 18.9. The van der Waals surface area contributed by atoms with Crippen LogP contribution < -0.4 is 10.5 Å². The normalized spacial score (nSPS) is 11.8. The number of aliphatic hydroxyl groups excluding tert-OH is 1. The molecule has 1 atom stereocenters. The fourth-order valence-electron chi connectivity index (χ4n) is 4.71. The van der Waals surface area contributed by atoms with Crippen molar-refractivity contribution in [2.75, 3.05) is 6.61 Å². The van der Waals surface area contributed by atoms with Gasteiger partial charge >= 0.3 is 0 Å². The Morgan fingerprint density at radius 2 is 1.82 bits per heavy atom. The third-order valence-corrected chi connectivity index (χ3v) is 6.59. The monoisotopic (exact) mass is 518 g/mol. The molecular weight excluding hydrogens is 488 g/mol. The number of amides is 1. The summed E-state index contributed by atoms with van der Waals surface area (Å²) >= 11 is 0. The summed E-state index contributed by atoms with van der Waals surface area (Å²) < 4.78 is 6.12. The third-order valence-electron chi connectivity index (χ3n) is 6.59. The van der Waals surface area contributed by atoms with Gasteiger partial charge in [0, 0.05) is 45.9 Å². The minimum Gasteiger partial charge on any atom is -0.490 e. The summed E-state index contributed by atoms with van der Waals surface area (Å²) in [5, 5.41) is 18.5. The Kier molecular flexibility index (Phi) is 7.48. The largest absolute Gasteiger partial charge is 0.490 e. The molecule has 3 aromatic carbocycles. The molecule has 0 spiro atoms. The highest BCUT2D eigenvalue weighted by Crippen LogP contribution is 2.35. The quantitative estimate of drug-likeness (QED) is 0.212. The van der Waals surface area contributed by atoms with Crippen LogP contribution in [-0.4, -0.2) is 38.9 Å². The van der Waals surface area contributed by atoms with Crippen LogP contribution in [0.5, 0.6) is 5.75 Å². The molecule has 0 saturated heterocycles. The zero-order chi connectivity index (χ0) is 27.4. The van der Waals surface area contributed by atoms with E-state index in [2.05, 4.69) is 33.1 Å². The van der Waals surface area contributed by atoms with Crippen LogP contribution in [0.15, 0.2) is 79.1 Å². The third kappa shape index (κ3) is 5.71. The number of carbonyl (C=O) groups excluding carboxylic acids is 1. The smallest absolute Gasteiger partial charge is 0.252 e. The van der Waals surface area contributed by atoms with E-state index in [1.807, 2.05) is 74.6 Å². The van der Waals surface area contributed by atoms with Crippen LogP contribution in [-0.2, 0) is 6.42 Å². The van der Waals surface area contributed by atoms with Gasteiger partial charge in [-0.3, -0.25) is 9.89 Å². The molecule has 7 heteroatoms. The van der Waals surface area contributed by atoms with Gasteiger partial charge in [0.05, 0.1) is 24.0 Å². The van der Waals surface area contributed by atoms with E-state index in [9.17, 15) is 9.90 Å². The van der Waals surface area contributed by atoms with Gasteiger partial charge in [-0.05, 0) is 67.8 Å². The van der Waals surface area contributed by atoms with E-state index in [0.29, 0.717) is 23.3 Å². The average Bonchev–Trinajstić information content (AvgIpc) is 3.62. The first-order valence-electron chi connectivity index (χ1n) is 12.8. The van der Waals surface area contributed by atoms with Crippen molar-refractivity contribution < 1.29 is 14.6 Å². The highest BCUT2D eigenvalue weighted by molar-refractivity contribution is 5.96. The second-order valence-corrected chi connectivity index (χ2v) is 9.71. The number of hydrogen-bond acceptors (Lipinski definition) is 4. The van der Waals surface area contributed by atoms with Crippen molar-refractivity contribution in [3.63, 3.8) is 0 Å². The van der Waals surface area contributed by atoms with Crippen LogP contribution in [0, 0.1) is 11.8 Å². The van der Waals surface area contributed by atoms with Gasteiger partial charge < -0.3 is 20.6 Å². The fraction of sp³-hybridized carbons (Fsp3) is 0.188. The van der Waals surface area contributed by atoms with Crippen molar-refractivity contribution in [1.29, 1.82) is 0 Å². The number of aromatic amines is 2. The number of para-hydroxylation sites is 1. The number of nitrogens with two attached hydrogens (primary N) is 1. The fourth-order valence-corrected chi connectivity index (χ4v) is 4.71. The topological polar surface area (TPSA) is 117 Å². The molecule has 2 heterocycles. The second-order valence-electron chi connectivity index (χ2n) is 9.71. The lowest BCUT2D eigenvalue weighted by Gasteiger charge is -2.23. The van der Waals surface area contributed by atoms with Crippen LogP contribution in [0.2, 0.25) is 0 Å². The van der Waals surface area contributed by atoms with Crippen molar-refractivity contribution in [2.24, 2.45) is 5.73 Å². The number of primary amides is 1. The van der Waals surface area contributed by atoms with Gasteiger partial charge in [0.2, 0.25) is 0 Å². The summed E-state index contributed by atoms with van der Waals surface area (Å²) in [4.78, 5) is 15.8. The maximum Gasteiger partial charge on any atom is 0.252 e. The number of aliphatic hydroxyl groups is 1. The van der Waals surface area contributed by atoms with Crippen LogP contribution in [0.25, 0.3) is 22.2 Å². The predicted octanol–water partition coefficient (Wildman–Crippen LogP) is 5.16. The Morgan fingerprint density at radius 3 is 2.51 bits per heavy atom. The van der Waals surface area contributed by atoms with Gasteiger partial charge in [-0.1, -0.05) is 42.2 Å². The molecule has 0 fully saturated rings. The Morgan fingerprint density at radius 1 is 1.05 bits per heavy atom. The van der Waals surface area contributed by atoms with E-state index >= 15 is 0 Å². The first kappa shape index (κ1) is 25.8. The van der Waals surface area contributed by atoms with E-state index in [0.717, 1.165) is 33.3 Å². The molecular formula is C32H30N4O3.